The summed E-state index contributed by atoms with van der Waals surface area (Å²) in [6, 6.07) is 2.54. The van der Waals surface area contributed by atoms with Crippen LogP contribution < -0.4 is 15.4 Å². The molecule has 0 saturated carbocycles. The molecule has 2 aliphatic heterocycles. The van der Waals surface area contributed by atoms with Crippen LogP contribution in [0.5, 0.6) is 5.75 Å². The minimum atomic E-state index is -4.96. The lowest BCUT2D eigenvalue weighted by molar-refractivity contribution is -0.275. The van der Waals surface area contributed by atoms with Gasteiger partial charge in [-0.3, -0.25) is 19.7 Å². The molecule has 1 aromatic carbocycles. The van der Waals surface area contributed by atoms with Crippen LogP contribution >= 0.6 is 0 Å². The van der Waals surface area contributed by atoms with Gasteiger partial charge >= 0.3 is 12.3 Å². The molecule has 3 N–H and O–H groups in total. The van der Waals surface area contributed by atoms with Gasteiger partial charge in [-0.05, 0) is 31.7 Å². The Balaban J connectivity index is 1.72. The first kappa shape index (κ1) is 28.7. The number of carbonyl (C=O) groups is 3. The van der Waals surface area contributed by atoms with Crippen molar-refractivity contribution in [2.75, 3.05) is 13.2 Å². The molecule has 2 aliphatic rings. The van der Waals surface area contributed by atoms with E-state index in [1.54, 1.807) is 20.8 Å². The third-order valence-corrected chi connectivity index (χ3v) is 6.17. The lowest BCUT2D eigenvalue weighted by Gasteiger charge is -2.32. The zero-order chi connectivity index (χ0) is 27.3. The zero-order valence-electron chi connectivity index (χ0n) is 20.8. The minimum absolute atomic E-state index is 0.0567. The van der Waals surface area contributed by atoms with Gasteiger partial charge in [0.2, 0.25) is 18.1 Å². The van der Waals surface area contributed by atoms with Crippen molar-refractivity contribution in [3.05, 3.63) is 29.8 Å². The van der Waals surface area contributed by atoms with Crippen molar-refractivity contribution in [1.82, 2.24) is 15.5 Å². The normalized spacial score (nSPS) is 23.6. The summed E-state index contributed by atoms with van der Waals surface area (Å²) in [5.41, 5.74) is -0.193. The second kappa shape index (κ2) is 12.1. The van der Waals surface area contributed by atoms with Crippen molar-refractivity contribution in [3.8, 4) is 5.75 Å². The molecule has 2 amide bonds. The fourth-order valence-electron chi connectivity index (χ4n) is 4.46. The first-order valence-electron chi connectivity index (χ1n) is 12.1. The van der Waals surface area contributed by atoms with E-state index in [1.807, 2.05) is 0 Å². The summed E-state index contributed by atoms with van der Waals surface area (Å²) in [6.45, 7) is 5.70. The molecule has 2 fully saturated rings. The number of esters is 1. The van der Waals surface area contributed by atoms with Gasteiger partial charge in [-0.25, -0.2) is 0 Å². The molecular weight excluding hydrogens is 499 g/mol. The number of hydrogen-bond donors (Lipinski definition) is 3. The first-order valence-corrected chi connectivity index (χ1v) is 12.1. The van der Waals surface area contributed by atoms with E-state index in [9.17, 15) is 32.7 Å². The highest BCUT2D eigenvalue weighted by Gasteiger charge is 2.42. The second-order valence-electron chi connectivity index (χ2n) is 9.20. The Morgan fingerprint density at radius 1 is 1.27 bits per heavy atom. The lowest BCUT2D eigenvalue weighted by atomic mass is 10.0. The number of alkyl halides is 3. The Morgan fingerprint density at radius 2 is 1.97 bits per heavy atom. The Bertz CT molecular complexity index is 975. The number of aliphatic hydroxyl groups excluding tert-OH is 1. The van der Waals surface area contributed by atoms with Crippen molar-refractivity contribution < 1.29 is 46.9 Å². The highest BCUT2D eigenvalue weighted by Crippen LogP contribution is 2.30. The summed E-state index contributed by atoms with van der Waals surface area (Å²) >= 11 is 0. The summed E-state index contributed by atoms with van der Waals surface area (Å²) in [5.74, 6) is -2.44. The monoisotopic (exact) mass is 531 g/mol. The van der Waals surface area contributed by atoms with E-state index in [-0.39, 0.29) is 31.1 Å². The quantitative estimate of drug-likeness (QED) is 0.309. The Morgan fingerprint density at radius 3 is 2.62 bits per heavy atom. The van der Waals surface area contributed by atoms with Crippen LogP contribution in [0.15, 0.2) is 24.3 Å². The molecule has 0 bridgehead atoms. The molecule has 0 aromatic heterocycles. The molecule has 5 atom stereocenters. The number of aliphatic hydroxyl groups is 1. The number of rotatable bonds is 10. The maximum absolute atomic E-state index is 13.5. The smallest absolute Gasteiger partial charge is 0.433 e. The maximum Gasteiger partial charge on any atom is 0.573 e. The van der Waals surface area contributed by atoms with Crippen molar-refractivity contribution in [2.45, 2.75) is 77.0 Å². The summed E-state index contributed by atoms with van der Waals surface area (Å²) in [6.07, 6.45) is -6.65. The molecule has 13 heteroatoms. The summed E-state index contributed by atoms with van der Waals surface area (Å²) in [7, 11) is 0. The van der Waals surface area contributed by atoms with E-state index >= 15 is 0 Å². The van der Waals surface area contributed by atoms with Crippen molar-refractivity contribution in [1.29, 1.82) is 0 Å². The SMILES string of the molecule is CCO[C@@H]1OC(=O)C[C@@H]1NC(=O)[C@@H]1CCCN1C(=O)[C@@H](NC(O)c1ccccc1OC(F)(F)F)C(C)C. The number of carbonyl (C=O) groups excluding carboxylic acids is 3. The van der Waals surface area contributed by atoms with Crippen molar-refractivity contribution >= 4 is 17.8 Å². The molecule has 2 heterocycles. The minimum Gasteiger partial charge on any atom is -0.433 e. The lowest BCUT2D eigenvalue weighted by Crippen LogP contribution is -2.56. The predicted octanol–water partition coefficient (Wildman–Crippen LogP) is 1.98. The Kier molecular flexibility index (Phi) is 9.37. The van der Waals surface area contributed by atoms with E-state index in [1.165, 1.54) is 23.1 Å². The number of ether oxygens (including phenoxy) is 3. The number of halogens is 3. The highest BCUT2D eigenvalue weighted by molar-refractivity contribution is 5.91. The molecule has 1 unspecified atom stereocenters. The van der Waals surface area contributed by atoms with E-state index in [0.29, 0.717) is 12.8 Å². The summed E-state index contributed by atoms with van der Waals surface area (Å²) in [5, 5.41) is 16.1. The molecule has 1 aromatic rings. The Hall–Kier alpha value is -2.90. The fraction of sp³-hybridized carbons (Fsp3) is 0.625. The van der Waals surface area contributed by atoms with E-state index in [4.69, 9.17) is 9.47 Å². The highest BCUT2D eigenvalue weighted by atomic mass is 19.4. The molecule has 0 radical (unpaired) electrons. The van der Waals surface area contributed by atoms with Gasteiger partial charge in [-0.15, -0.1) is 13.2 Å². The van der Waals surface area contributed by atoms with Crippen LogP contribution in [0.1, 0.15) is 51.8 Å². The molecule has 206 valence electrons. The standard InChI is InChI=1S/C24H32F3N3O7/c1-4-35-23-15(12-18(31)36-23)28-21(33)16-9-7-11-30(16)22(34)19(13(2)3)29-20(32)14-8-5-6-10-17(14)37-24(25,26)27/h5-6,8,10,13,15-16,19-20,23,29,32H,4,7,9,11-12H2,1-3H3,(H,28,33)/t15-,16-,19-,20?,23+/m0/s1. The molecule has 3 rings (SSSR count). The van der Waals surface area contributed by atoms with E-state index < -0.39 is 60.5 Å². The van der Waals surface area contributed by atoms with E-state index in [2.05, 4.69) is 15.4 Å². The maximum atomic E-state index is 13.5. The number of amides is 2. The number of hydrogen-bond acceptors (Lipinski definition) is 8. The molecular formula is C24H32F3N3O7. The predicted molar refractivity (Wildman–Crippen MR) is 123 cm³/mol. The number of benzene rings is 1. The first-order chi connectivity index (χ1) is 17.4. The van der Waals surface area contributed by atoms with Gasteiger partial charge in [0.15, 0.2) is 0 Å². The van der Waals surface area contributed by atoms with E-state index in [0.717, 1.165) is 6.07 Å². The van der Waals surface area contributed by atoms with Crippen LogP contribution in [0.3, 0.4) is 0 Å². The topological polar surface area (TPSA) is 126 Å². The average molecular weight is 532 g/mol. The molecule has 0 spiro atoms. The number of nitrogens with zero attached hydrogens (tertiary/aromatic N) is 1. The van der Waals surface area contributed by atoms with Gasteiger partial charge in [-0.1, -0.05) is 32.0 Å². The molecule has 0 aliphatic carbocycles. The average Bonchev–Trinajstić information content (AvgIpc) is 3.43. The van der Waals surface area contributed by atoms with Crippen LogP contribution in [0, 0.1) is 5.92 Å². The van der Waals surface area contributed by atoms with Gasteiger partial charge in [0.1, 0.15) is 24.1 Å². The summed E-state index contributed by atoms with van der Waals surface area (Å²) < 4.78 is 52.9. The van der Waals surface area contributed by atoms with Gasteiger partial charge in [0.05, 0.1) is 12.5 Å². The van der Waals surface area contributed by atoms with Crippen LogP contribution in [-0.2, 0) is 23.9 Å². The van der Waals surface area contributed by atoms with Crippen LogP contribution in [0.4, 0.5) is 13.2 Å². The van der Waals surface area contributed by atoms with Gasteiger partial charge in [-0.2, -0.15) is 0 Å². The van der Waals surface area contributed by atoms with Gasteiger partial charge in [0.25, 0.3) is 0 Å². The molecule has 10 nitrogen and oxygen atoms in total. The zero-order valence-corrected chi connectivity index (χ0v) is 20.8. The van der Waals surface area contributed by atoms with Gasteiger partial charge < -0.3 is 29.5 Å². The molecule has 2 saturated heterocycles. The number of nitrogens with one attached hydrogen (secondary N) is 2. The summed E-state index contributed by atoms with van der Waals surface area (Å²) in [4.78, 5) is 39.6. The van der Waals surface area contributed by atoms with Crippen molar-refractivity contribution in [2.24, 2.45) is 5.92 Å². The van der Waals surface area contributed by atoms with Gasteiger partial charge in [0, 0.05) is 18.7 Å². The molecule has 37 heavy (non-hydrogen) atoms. The van der Waals surface area contributed by atoms with Crippen LogP contribution in [0.25, 0.3) is 0 Å². The van der Waals surface area contributed by atoms with Crippen molar-refractivity contribution in [3.63, 3.8) is 0 Å². The third-order valence-electron chi connectivity index (χ3n) is 6.17. The number of para-hydroxylation sites is 1. The second-order valence-corrected chi connectivity index (χ2v) is 9.20. The number of cyclic esters (lactones) is 1. The Labute approximate surface area is 212 Å². The third kappa shape index (κ3) is 7.33. The van der Waals surface area contributed by atoms with Crippen LogP contribution in [0.2, 0.25) is 0 Å². The van der Waals surface area contributed by atoms with Crippen LogP contribution in [-0.4, -0.2) is 71.7 Å². The fourth-order valence-corrected chi connectivity index (χ4v) is 4.46. The largest absolute Gasteiger partial charge is 0.573 e. The number of likely N-dealkylation sites (tertiary alicyclic amines) is 1.